The summed E-state index contributed by atoms with van der Waals surface area (Å²) in [5, 5.41) is 8.24. The number of rotatable bonds is 5. The summed E-state index contributed by atoms with van der Waals surface area (Å²) in [7, 11) is 1.60. The normalized spacial score (nSPS) is 16.0. The van der Waals surface area contributed by atoms with Crippen molar-refractivity contribution in [1.29, 1.82) is 0 Å². The molecular weight excluding hydrogens is 421 g/mol. The molecule has 1 fully saturated rings. The molecule has 0 N–H and O–H groups in total. The van der Waals surface area contributed by atoms with Crippen molar-refractivity contribution in [3.63, 3.8) is 0 Å². The van der Waals surface area contributed by atoms with Gasteiger partial charge in [-0.3, -0.25) is 9.13 Å². The fourth-order valence-corrected chi connectivity index (χ4v) is 4.88. The molecule has 170 valence electrons. The molecule has 3 heterocycles. The molecule has 1 unspecified atom stereocenters. The molecular formula is C25H26FN5O2. The first kappa shape index (κ1) is 21.2. The number of anilines is 1. The van der Waals surface area contributed by atoms with Gasteiger partial charge in [0.05, 0.1) is 36.6 Å². The average molecular weight is 448 g/mol. The Balaban J connectivity index is 1.60. The minimum Gasteiger partial charge on any atom is -0.494 e. The number of hydrogen-bond acceptors (Lipinski definition) is 5. The Morgan fingerprint density at radius 3 is 2.70 bits per heavy atom. The van der Waals surface area contributed by atoms with E-state index in [4.69, 9.17) is 4.74 Å². The Morgan fingerprint density at radius 2 is 1.94 bits per heavy atom. The Morgan fingerprint density at radius 1 is 1.12 bits per heavy atom. The number of halogens is 1. The summed E-state index contributed by atoms with van der Waals surface area (Å²) >= 11 is 0. The third-order valence-corrected chi connectivity index (χ3v) is 6.53. The van der Waals surface area contributed by atoms with Crippen molar-refractivity contribution in [2.45, 2.75) is 32.9 Å². The predicted octanol–water partition coefficient (Wildman–Crippen LogP) is 3.86. The summed E-state index contributed by atoms with van der Waals surface area (Å²) in [6.07, 6.45) is 2.39. The zero-order valence-electron chi connectivity index (χ0n) is 19.0. The molecule has 1 saturated heterocycles. The molecule has 0 amide bonds. The first-order chi connectivity index (χ1) is 16.0. The largest absolute Gasteiger partial charge is 0.494 e. The van der Waals surface area contributed by atoms with Crippen molar-refractivity contribution in [2.75, 3.05) is 25.1 Å². The van der Waals surface area contributed by atoms with Crippen LogP contribution in [0.15, 0.2) is 53.5 Å². The molecule has 8 heteroatoms. The van der Waals surface area contributed by atoms with E-state index in [-0.39, 0.29) is 17.5 Å². The molecule has 0 aliphatic carbocycles. The van der Waals surface area contributed by atoms with Crippen LogP contribution in [0.2, 0.25) is 0 Å². The number of methoxy groups -OCH3 is 1. The minimum absolute atomic E-state index is 0.0877. The summed E-state index contributed by atoms with van der Waals surface area (Å²) < 4.78 is 23.8. The molecule has 0 spiro atoms. The molecule has 33 heavy (non-hydrogen) atoms. The van der Waals surface area contributed by atoms with Crippen LogP contribution in [0, 0.1) is 19.7 Å². The number of benzene rings is 2. The first-order valence-electron chi connectivity index (χ1n) is 11.0. The lowest BCUT2D eigenvalue weighted by molar-refractivity contribution is 0.417. The summed E-state index contributed by atoms with van der Waals surface area (Å²) in [4.78, 5) is 15.8. The van der Waals surface area contributed by atoms with E-state index in [1.54, 1.807) is 23.9 Å². The van der Waals surface area contributed by atoms with Crippen LogP contribution in [0.4, 0.5) is 10.1 Å². The molecule has 2 aromatic heterocycles. The quantitative estimate of drug-likeness (QED) is 0.465. The highest BCUT2D eigenvalue weighted by Gasteiger charge is 2.31. The number of nitrogens with zero attached hydrogens (tertiary/aromatic N) is 5. The zero-order chi connectivity index (χ0) is 23.1. The van der Waals surface area contributed by atoms with Crippen LogP contribution in [0.1, 0.15) is 29.3 Å². The maximum Gasteiger partial charge on any atom is 0.329 e. The van der Waals surface area contributed by atoms with Crippen LogP contribution in [0.25, 0.3) is 11.0 Å². The number of fused-ring (bicyclic) bond motifs is 1. The van der Waals surface area contributed by atoms with Gasteiger partial charge in [-0.2, -0.15) is 10.2 Å². The third-order valence-electron chi connectivity index (χ3n) is 6.53. The van der Waals surface area contributed by atoms with Crippen LogP contribution in [0.3, 0.4) is 0 Å². The van der Waals surface area contributed by atoms with E-state index in [1.165, 1.54) is 6.07 Å². The molecule has 0 bridgehead atoms. The lowest BCUT2D eigenvalue weighted by Gasteiger charge is -2.21. The highest BCUT2D eigenvalue weighted by Crippen LogP contribution is 2.34. The van der Waals surface area contributed by atoms with Gasteiger partial charge in [-0.15, -0.1) is 0 Å². The van der Waals surface area contributed by atoms with Gasteiger partial charge in [0.2, 0.25) is 0 Å². The monoisotopic (exact) mass is 447 g/mol. The molecule has 0 radical (unpaired) electrons. The maximum atomic E-state index is 14.6. The number of aromatic nitrogens is 4. The lowest BCUT2D eigenvalue weighted by atomic mass is 10.2. The van der Waals surface area contributed by atoms with Gasteiger partial charge in [-0.1, -0.05) is 18.2 Å². The minimum atomic E-state index is -0.231. The van der Waals surface area contributed by atoms with Gasteiger partial charge in [-0.05, 0) is 55.7 Å². The van der Waals surface area contributed by atoms with Crippen LogP contribution in [-0.4, -0.2) is 39.5 Å². The van der Waals surface area contributed by atoms with Gasteiger partial charge >= 0.3 is 5.69 Å². The summed E-state index contributed by atoms with van der Waals surface area (Å²) in [6.45, 7) is 5.40. The second-order valence-corrected chi connectivity index (χ2v) is 8.52. The van der Waals surface area contributed by atoms with Gasteiger partial charge in [0.1, 0.15) is 17.1 Å². The summed E-state index contributed by atoms with van der Waals surface area (Å²) in [5.74, 6) is 0.398. The number of ether oxygens (including phenoxy) is 1. The van der Waals surface area contributed by atoms with Crippen LogP contribution in [-0.2, 0) is 6.54 Å². The Labute approximate surface area is 191 Å². The van der Waals surface area contributed by atoms with E-state index in [1.807, 2.05) is 53.6 Å². The number of imidazole rings is 1. The Hall–Kier alpha value is -3.68. The second-order valence-electron chi connectivity index (χ2n) is 8.52. The van der Waals surface area contributed by atoms with Crippen molar-refractivity contribution in [1.82, 2.24) is 19.3 Å². The van der Waals surface area contributed by atoms with Gasteiger partial charge in [0.15, 0.2) is 0 Å². The maximum absolute atomic E-state index is 14.6. The van der Waals surface area contributed by atoms with Crippen molar-refractivity contribution >= 4 is 16.7 Å². The highest BCUT2D eigenvalue weighted by molar-refractivity contribution is 5.83. The third kappa shape index (κ3) is 3.55. The van der Waals surface area contributed by atoms with Gasteiger partial charge in [0.25, 0.3) is 0 Å². The van der Waals surface area contributed by atoms with E-state index in [0.717, 1.165) is 34.3 Å². The van der Waals surface area contributed by atoms with Crippen LogP contribution < -0.4 is 15.3 Å². The average Bonchev–Trinajstić information content (AvgIpc) is 3.37. The van der Waals surface area contributed by atoms with Crippen molar-refractivity contribution in [2.24, 2.45) is 0 Å². The molecule has 4 aromatic rings. The number of aryl methyl sites for hydroxylation is 2. The van der Waals surface area contributed by atoms with Crippen molar-refractivity contribution in [3.05, 3.63) is 81.8 Å². The lowest BCUT2D eigenvalue weighted by Crippen LogP contribution is -2.30. The molecule has 0 saturated carbocycles. The molecule has 1 aliphatic rings. The molecule has 5 rings (SSSR count). The highest BCUT2D eigenvalue weighted by atomic mass is 19.1. The summed E-state index contributed by atoms with van der Waals surface area (Å²) in [5.41, 5.74) is 4.62. The van der Waals surface area contributed by atoms with E-state index < -0.39 is 0 Å². The predicted molar refractivity (Wildman–Crippen MR) is 126 cm³/mol. The van der Waals surface area contributed by atoms with E-state index in [9.17, 15) is 9.18 Å². The van der Waals surface area contributed by atoms with Crippen molar-refractivity contribution in [3.8, 4) is 5.75 Å². The molecule has 7 nitrogen and oxygen atoms in total. The van der Waals surface area contributed by atoms with E-state index in [0.29, 0.717) is 31.1 Å². The number of hydrogen-bond donors (Lipinski definition) is 0. The SMILES string of the molecule is COc1cccc2c1n(Cc1nnccc1C)c(=O)n2C1CCN(c2c(C)cccc2F)C1. The topological polar surface area (TPSA) is 65.2 Å². The smallest absolute Gasteiger partial charge is 0.329 e. The molecule has 1 atom stereocenters. The van der Waals surface area contributed by atoms with Gasteiger partial charge in [0, 0.05) is 19.3 Å². The van der Waals surface area contributed by atoms with Crippen molar-refractivity contribution < 1.29 is 9.13 Å². The molecule has 1 aliphatic heterocycles. The standard InChI is InChI=1S/C25H26FN5O2/c1-16-10-12-27-28-20(16)15-30-24-21(8-5-9-22(24)33-3)31(25(30)32)18-11-13-29(14-18)23-17(2)6-4-7-19(23)26/h4-10,12,18H,11,13-15H2,1-3H3. The molecule has 2 aromatic carbocycles. The zero-order valence-corrected chi connectivity index (χ0v) is 19.0. The van der Waals surface area contributed by atoms with Gasteiger partial charge in [-0.25, -0.2) is 9.18 Å². The van der Waals surface area contributed by atoms with Gasteiger partial charge < -0.3 is 9.64 Å². The fourth-order valence-electron chi connectivity index (χ4n) is 4.88. The summed E-state index contributed by atoms with van der Waals surface area (Å²) in [6, 6.07) is 12.6. The first-order valence-corrected chi connectivity index (χ1v) is 11.0. The Kier molecular flexibility index (Phi) is 5.36. The second kappa shape index (κ2) is 8.35. The van der Waals surface area contributed by atoms with E-state index >= 15 is 0 Å². The van der Waals surface area contributed by atoms with E-state index in [2.05, 4.69) is 10.2 Å². The Bertz CT molecular complexity index is 1370. The fraction of sp³-hybridized carbons (Fsp3) is 0.320. The number of para-hydroxylation sites is 2. The van der Waals surface area contributed by atoms with Crippen LogP contribution >= 0.6 is 0 Å². The van der Waals surface area contributed by atoms with Crippen LogP contribution in [0.5, 0.6) is 5.75 Å².